The molecule has 0 aliphatic carbocycles. The van der Waals surface area contributed by atoms with Gasteiger partial charge in [-0.2, -0.15) is 0 Å². The highest BCUT2D eigenvalue weighted by Gasteiger charge is 2.18. The molecule has 0 N–H and O–H groups in total. The molecule has 4 aromatic rings. The van der Waals surface area contributed by atoms with Crippen molar-refractivity contribution in [3.8, 4) is 28.5 Å². The lowest BCUT2D eigenvalue weighted by atomic mass is 10.1. The van der Waals surface area contributed by atoms with Crippen molar-refractivity contribution in [2.45, 2.75) is 0 Å². The maximum absolute atomic E-state index is 12.7. The van der Waals surface area contributed by atoms with Gasteiger partial charge in [-0.1, -0.05) is 6.07 Å². The van der Waals surface area contributed by atoms with E-state index in [0.717, 1.165) is 11.1 Å². The highest BCUT2D eigenvalue weighted by atomic mass is 32.1. The molecule has 4 rings (SSSR count). The number of nitrogens with zero attached hydrogens (tertiary/aromatic N) is 3. The summed E-state index contributed by atoms with van der Waals surface area (Å²) in [6.45, 7) is 0. The van der Waals surface area contributed by atoms with Gasteiger partial charge in [0.05, 0.1) is 12.5 Å². The molecule has 0 radical (unpaired) electrons. The molecule has 0 amide bonds. The lowest BCUT2D eigenvalue weighted by Gasteiger charge is -2.09. The SMILES string of the molecule is COc1cccc(Oc2nn(C)c(=O)c3c(-c4ccncc4)csc23)c1. The molecule has 0 fully saturated rings. The second kappa shape index (κ2) is 6.61. The largest absolute Gasteiger partial charge is 0.497 e. The summed E-state index contributed by atoms with van der Waals surface area (Å²) in [4.78, 5) is 16.7. The summed E-state index contributed by atoms with van der Waals surface area (Å²) in [6.07, 6.45) is 3.41. The van der Waals surface area contributed by atoms with Crippen molar-refractivity contribution in [1.29, 1.82) is 0 Å². The quantitative estimate of drug-likeness (QED) is 0.549. The van der Waals surface area contributed by atoms with Gasteiger partial charge in [-0.3, -0.25) is 9.78 Å². The van der Waals surface area contributed by atoms with Crippen LogP contribution in [0.2, 0.25) is 0 Å². The average Bonchev–Trinajstić information content (AvgIpc) is 3.12. The number of aromatic nitrogens is 3. The van der Waals surface area contributed by atoms with Gasteiger partial charge >= 0.3 is 0 Å². The van der Waals surface area contributed by atoms with E-state index in [1.807, 2.05) is 35.7 Å². The van der Waals surface area contributed by atoms with E-state index in [9.17, 15) is 4.79 Å². The highest BCUT2D eigenvalue weighted by Crippen LogP contribution is 2.37. The Bertz CT molecular complexity index is 1140. The van der Waals surface area contributed by atoms with Crippen molar-refractivity contribution in [3.05, 3.63) is 64.5 Å². The van der Waals surface area contributed by atoms with Crippen LogP contribution in [0.25, 0.3) is 21.2 Å². The number of methoxy groups -OCH3 is 1. The Labute approximate surface area is 153 Å². The average molecular weight is 365 g/mol. The molecule has 6 nitrogen and oxygen atoms in total. The lowest BCUT2D eigenvalue weighted by Crippen LogP contribution is -2.19. The Morgan fingerprint density at radius 1 is 1.12 bits per heavy atom. The van der Waals surface area contributed by atoms with E-state index in [2.05, 4.69) is 10.1 Å². The molecule has 0 saturated heterocycles. The number of benzene rings is 1. The first-order valence-corrected chi connectivity index (χ1v) is 8.76. The predicted octanol–water partition coefficient (Wildman–Crippen LogP) is 3.86. The van der Waals surface area contributed by atoms with Crippen molar-refractivity contribution >= 4 is 21.4 Å². The molecule has 0 saturated carbocycles. The molecule has 0 aliphatic rings. The van der Waals surface area contributed by atoms with E-state index in [0.29, 0.717) is 27.5 Å². The molecule has 3 heterocycles. The van der Waals surface area contributed by atoms with Crippen LogP contribution in [-0.2, 0) is 7.05 Å². The summed E-state index contributed by atoms with van der Waals surface area (Å²) >= 11 is 1.43. The number of hydrogen-bond donors (Lipinski definition) is 0. The minimum Gasteiger partial charge on any atom is -0.497 e. The third-order valence-electron chi connectivity index (χ3n) is 3.98. The molecule has 130 valence electrons. The van der Waals surface area contributed by atoms with Crippen LogP contribution in [0.4, 0.5) is 0 Å². The van der Waals surface area contributed by atoms with Gasteiger partial charge in [0.2, 0.25) is 0 Å². The topological polar surface area (TPSA) is 66.2 Å². The van der Waals surface area contributed by atoms with Crippen LogP contribution in [0, 0.1) is 0 Å². The Kier molecular flexibility index (Phi) is 4.14. The number of rotatable bonds is 4. The van der Waals surface area contributed by atoms with Gasteiger partial charge < -0.3 is 9.47 Å². The van der Waals surface area contributed by atoms with Crippen LogP contribution < -0.4 is 15.0 Å². The molecular formula is C19H15N3O3S. The Balaban J connectivity index is 1.87. The number of ether oxygens (including phenoxy) is 2. The van der Waals surface area contributed by atoms with E-state index in [1.165, 1.54) is 16.0 Å². The summed E-state index contributed by atoms with van der Waals surface area (Å²) in [5.41, 5.74) is 1.62. The van der Waals surface area contributed by atoms with Gasteiger partial charge in [0.25, 0.3) is 11.4 Å². The normalized spacial score (nSPS) is 10.8. The second-order valence-electron chi connectivity index (χ2n) is 5.60. The van der Waals surface area contributed by atoms with Gasteiger partial charge in [-0.05, 0) is 29.8 Å². The van der Waals surface area contributed by atoms with E-state index in [1.54, 1.807) is 32.6 Å². The Morgan fingerprint density at radius 3 is 2.65 bits per heavy atom. The molecule has 0 unspecified atom stereocenters. The minimum absolute atomic E-state index is 0.161. The summed E-state index contributed by atoms with van der Waals surface area (Å²) in [5, 5.41) is 6.84. The minimum atomic E-state index is -0.161. The van der Waals surface area contributed by atoms with Crippen molar-refractivity contribution < 1.29 is 9.47 Å². The molecule has 1 aromatic carbocycles. The lowest BCUT2D eigenvalue weighted by molar-refractivity contribution is 0.406. The predicted molar refractivity (Wildman–Crippen MR) is 101 cm³/mol. The fourth-order valence-electron chi connectivity index (χ4n) is 2.70. The smallest absolute Gasteiger partial charge is 0.276 e. The Morgan fingerprint density at radius 2 is 1.88 bits per heavy atom. The maximum Gasteiger partial charge on any atom is 0.276 e. The highest BCUT2D eigenvalue weighted by molar-refractivity contribution is 7.18. The number of pyridine rings is 1. The van der Waals surface area contributed by atoms with Crippen LogP contribution >= 0.6 is 11.3 Å². The van der Waals surface area contributed by atoms with Crippen molar-refractivity contribution in [2.75, 3.05) is 7.11 Å². The molecule has 0 spiro atoms. The van der Waals surface area contributed by atoms with Gasteiger partial charge in [0, 0.05) is 36.5 Å². The molecule has 0 bridgehead atoms. The third kappa shape index (κ3) is 2.82. The zero-order valence-corrected chi connectivity index (χ0v) is 15.0. The molecule has 0 aliphatic heterocycles. The third-order valence-corrected chi connectivity index (χ3v) is 4.95. The second-order valence-corrected chi connectivity index (χ2v) is 6.48. The molecule has 3 aromatic heterocycles. The summed E-state index contributed by atoms with van der Waals surface area (Å²) < 4.78 is 13.2. The zero-order valence-electron chi connectivity index (χ0n) is 14.2. The molecular weight excluding hydrogens is 350 g/mol. The van der Waals surface area contributed by atoms with Gasteiger partial charge in [0.1, 0.15) is 16.2 Å². The first-order chi connectivity index (χ1) is 12.7. The van der Waals surface area contributed by atoms with Crippen LogP contribution in [0.1, 0.15) is 0 Å². The molecule has 26 heavy (non-hydrogen) atoms. The van der Waals surface area contributed by atoms with Gasteiger partial charge in [-0.15, -0.1) is 16.4 Å². The maximum atomic E-state index is 12.7. The van der Waals surface area contributed by atoms with E-state index in [-0.39, 0.29) is 5.56 Å². The monoisotopic (exact) mass is 365 g/mol. The number of aryl methyl sites for hydroxylation is 1. The molecule has 0 atom stereocenters. The van der Waals surface area contributed by atoms with Crippen LogP contribution in [0.5, 0.6) is 17.4 Å². The zero-order chi connectivity index (χ0) is 18.1. The van der Waals surface area contributed by atoms with Gasteiger partial charge in [-0.25, -0.2) is 4.68 Å². The van der Waals surface area contributed by atoms with Crippen LogP contribution in [0.3, 0.4) is 0 Å². The van der Waals surface area contributed by atoms with E-state index < -0.39 is 0 Å². The molecule has 7 heteroatoms. The first-order valence-electron chi connectivity index (χ1n) is 7.88. The van der Waals surface area contributed by atoms with Crippen molar-refractivity contribution in [1.82, 2.24) is 14.8 Å². The van der Waals surface area contributed by atoms with Crippen LogP contribution in [-0.4, -0.2) is 21.9 Å². The van der Waals surface area contributed by atoms with Crippen molar-refractivity contribution in [3.63, 3.8) is 0 Å². The number of thiophene rings is 1. The number of hydrogen-bond acceptors (Lipinski definition) is 6. The van der Waals surface area contributed by atoms with E-state index in [4.69, 9.17) is 9.47 Å². The fraction of sp³-hybridized carbons (Fsp3) is 0.105. The summed E-state index contributed by atoms with van der Waals surface area (Å²) in [5.74, 6) is 1.67. The number of fused-ring (bicyclic) bond motifs is 1. The van der Waals surface area contributed by atoms with E-state index >= 15 is 0 Å². The first kappa shape index (κ1) is 16.3. The summed E-state index contributed by atoms with van der Waals surface area (Å²) in [6, 6.07) is 11.0. The summed E-state index contributed by atoms with van der Waals surface area (Å²) in [7, 11) is 3.22. The Hall–Kier alpha value is -3.19. The van der Waals surface area contributed by atoms with Crippen LogP contribution in [0.15, 0.2) is 59.0 Å². The van der Waals surface area contributed by atoms with Gasteiger partial charge in [0.15, 0.2) is 0 Å². The van der Waals surface area contributed by atoms with Crippen molar-refractivity contribution in [2.24, 2.45) is 7.05 Å². The fourth-order valence-corrected chi connectivity index (χ4v) is 3.69. The standard InChI is InChI=1S/C19H15N3O3S/c1-22-19(23)16-15(12-6-8-20-9-7-12)11-26-17(16)18(21-22)25-14-5-3-4-13(10-14)24-2/h3-11H,1-2H3.